The minimum absolute atomic E-state index is 0.313. The van der Waals surface area contributed by atoms with Gasteiger partial charge in [-0.2, -0.15) is 0 Å². The second-order valence-corrected chi connectivity index (χ2v) is 5.35. The lowest BCUT2D eigenvalue weighted by atomic mass is 10.1. The van der Waals surface area contributed by atoms with Crippen LogP contribution in [-0.2, 0) is 4.74 Å². The summed E-state index contributed by atoms with van der Waals surface area (Å²) in [5.41, 5.74) is 0.803. The summed E-state index contributed by atoms with van der Waals surface area (Å²) in [5, 5.41) is 10.1. The lowest BCUT2D eigenvalue weighted by Gasteiger charge is -2.20. The summed E-state index contributed by atoms with van der Waals surface area (Å²) >= 11 is 0. The SMILES string of the molecule is CCCC(C)COCC(O)c1ccc2c(c1)OCCO2. The Balaban J connectivity index is 1.84. The summed E-state index contributed by atoms with van der Waals surface area (Å²) in [6.07, 6.45) is 1.69. The van der Waals surface area contributed by atoms with Crippen molar-refractivity contribution in [2.45, 2.75) is 32.8 Å². The maximum absolute atomic E-state index is 10.1. The van der Waals surface area contributed by atoms with Gasteiger partial charge in [-0.3, -0.25) is 0 Å². The predicted molar refractivity (Wildman–Crippen MR) is 77.3 cm³/mol. The molecule has 0 amide bonds. The number of rotatable bonds is 7. The second kappa shape index (κ2) is 7.50. The molecule has 4 nitrogen and oxygen atoms in total. The third-order valence-electron chi connectivity index (χ3n) is 3.41. The van der Waals surface area contributed by atoms with Crippen molar-refractivity contribution in [3.8, 4) is 11.5 Å². The van der Waals surface area contributed by atoms with Crippen molar-refractivity contribution in [1.82, 2.24) is 0 Å². The van der Waals surface area contributed by atoms with Crippen LogP contribution in [0.3, 0.4) is 0 Å². The quantitative estimate of drug-likeness (QED) is 0.834. The van der Waals surface area contributed by atoms with E-state index in [1.54, 1.807) is 0 Å². The highest BCUT2D eigenvalue weighted by Gasteiger charge is 2.15. The van der Waals surface area contributed by atoms with Crippen molar-refractivity contribution in [2.75, 3.05) is 26.4 Å². The van der Waals surface area contributed by atoms with E-state index in [1.165, 1.54) is 0 Å². The maximum atomic E-state index is 10.1. The van der Waals surface area contributed by atoms with Crippen molar-refractivity contribution in [3.63, 3.8) is 0 Å². The van der Waals surface area contributed by atoms with Crippen LogP contribution in [0.2, 0.25) is 0 Å². The summed E-state index contributed by atoms with van der Waals surface area (Å²) in [4.78, 5) is 0. The Morgan fingerprint density at radius 3 is 2.70 bits per heavy atom. The van der Waals surface area contributed by atoms with Gasteiger partial charge in [0.15, 0.2) is 11.5 Å². The molecule has 1 aromatic carbocycles. The van der Waals surface area contributed by atoms with Gasteiger partial charge in [-0.15, -0.1) is 0 Å². The van der Waals surface area contributed by atoms with E-state index in [4.69, 9.17) is 14.2 Å². The standard InChI is InChI=1S/C16H24O4/c1-3-4-12(2)10-18-11-14(17)13-5-6-15-16(9-13)20-8-7-19-15/h5-6,9,12,14,17H,3-4,7-8,10-11H2,1-2H3. The Morgan fingerprint density at radius 1 is 1.20 bits per heavy atom. The van der Waals surface area contributed by atoms with Crippen molar-refractivity contribution >= 4 is 0 Å². The van der Waals surface area contributed by atoms with Gasteiger partial charge in [0.1, 0.15) is 19.3 Å². The van der Waals surface area contributed by atoms with Crippen LogP contribution in [-0.4, -0.2) is 31.5 Å². The first-order valence-corrected chi connectivity index (χ1v) is 7.36. The molecule has 112 valence electrons. The molecule has 0 saturated heterocycles. The van der Waals surface area contributed by atoms with E-state index in [0.29, 0.717) is 38.1 Å². The minimum Gasteiger partial charge on any atom is -0.486 e. The Morgan fingerprint density at radius 2 is 1.95 bits per heavy atom. The number of benzene rings is 1. The summed E-state index contributed by atoms with van der Waals surface area (Å²) in [6.45, 7) is 6.47. The van der Waals surface area contributed by atoms with E-state index in [-0.39, 0.29) is 0 Å². The molecule has 1 aromatic rings. The van der Waals surface area contributed by atoms with E-state index in [0.717, 1.165) is 24.2 Å². The van der Waals surface area contributed by atoms with Gasteiger partial charge in [-0.05, 0) is 30.0 Å². The van der Waals surface area contributed by atoms with Crippen LogP contribution in [0.25, 0.3) is 0 Å². The molecule has 2 unspecified atom stereocenters. The van der Waals surface area contributed by atoms with Gasteiger partial charge < -0.3 is 19.3 Å². The van der Waals surface area contributed by atoms with Gasteiger partial charge in [-0.1, -0.05) is 26.3 Å². The van der Waals surface area contributed by atoms with Crippen LogP contribution in [0.4, 0.5) is 0 Å². The van der Waals surface area contributed by atoms with Gasteiger partial charge in [0.25, 0.3) is 0 Å². The molecule has 1 aliphatic rings. The molecule has 0 spiro atoms. The fourth-order valence-corrected chi connectivity index (χ4v) is 2.32. The fourth-order valence-electron chi connectivity index (χ4n) is 2.32. The first kappa shape index (κ1) is 15.1. The highest BCUT2D eigenvalue weighted by atomic mass is 16.6. The largest absolute Gasteiger partial charge is 0.486 e. The molecule has 1 heterocycles. The van der Waals surface area contributed by atoms with Crippen LogP contribution in [0, 0.1) is 5.92 Å². The number of hydrogen-bond acceptors (Lipinski definition) is 4. The average Bonchev–Trinajstić information content (AvgIpc) is 2.47. The molecule has 0 aromatic heterocycles. The molecule has 0 radical (unpaired) electrons. The number of aliphatic hydroxyl groups is 1. The van der Waals surface area contributed by atoms with Crippen LogP contribution in [0.1, 0.15) is 38.4 Å². The number of fused-ring (bicyclic) bond motifs is 1. The Labute approximate surface area is 120 Å². The van der Waals surface area contributed by atoms with E-state index < -0.39 is 6.10 Å². The normalized spacial score (nSPS) is 16.8. The highest BCUT2D eigenvalue weighted by Crippen LogP contribution is 2.32. The van der Waals surface area contributed by atoms with E-state index in [9.17, 15) is 5.11 Å². The van der Waals surface area contributed by atoms with Crippen LogP contribution >= 0.6 is 0 Å². The Hall–Kier alpha value is -1.26. The van der Waals surface area contributed by atoms with E-state index >= 15 is 0 Å². The zero-order valence-corrected chi connectivity index (χ0v) is 12.3. The molecule has 0 fully saturated rings. The molecule has 1 aliphatic heterocycles. The van der Waals surface area contributed by atoms with Gasteiger partial charge >= 0.3 is 0 Å². The van der Waals surface area contributed by atoms with Gasteiger partial charge in [-0.25, -0.2) is 0 Å². The van der Waals surface area contributed by atoms with Gasteiger partial charge in [0.2, 0.25) is 0 Å². The highest BCUT2D eigenvalue weighted by molar-refractivity contribution is 5.44. The number of aliphatic hydroxyl groups excluding tert-OH is 1. The third-order valence-corrected chi connectivity index (χ3v) is 3.41. The molecule has 0 saturated carbocycles. The first-order valence-electron chi connectivity index (χ1n) is 7.36. The molecule has 0 aliphatic carbocycles. The van der Waals surface area contributed by atoms with Crippen LogP contribution in [0.15, 0.2) is 18.2 Å². The fraction of sp³-hybridized carbons (Fsp3) is 0.625. The first-order chi connectivity index (χ1) is 9.70. The molecule has 20 heavy (non-hydrogen) atoms. The third kappa shape index (κ3) is 4.12. The average molecular weight is 280 g/mol. The van der Waals surface area contributed by atoms with Crippen LogP contribution in [0.5, 0.6) is 11.5 Å². The van der Waals surface area contributed by atoms with Crippen molar-refractivity contribution in [2.24, 2.45) is 5.92 Å². The second-order valence-electron chi connectivity index (χ2n) is 5.35. The Bertz CT molecular complexity index is 419. The number of ether oxygens (including phenoxy) is 3. The van der Waals surface area contributed by atoms with Crippen LogP contribution < -0.4 is 9.47 Å². The summed E-state index contributed by atoms with van der Waals surface area (Å²) in [7, 11) is 0. The summed E-state index contributed by atoms with van der Waals surface area (Å²) < 4.78 is 16.6. The zero-order valence-electron chi connectivity index (χ0n) is 12.3. The lowest BCUT2D eigenvalue weighted by molar-refractivity contribution is 0.0213. The Kier molecular flexibility index (Phi) is 5.68. The van der Waals surface area contributed by atoms with Crippen molar-refractivity contribution < 1.29 is 19.3 Å². The molecule has 2 rings (SSSR count). The maximum Gasteiger partial charge on any atom is 0.161 e. The lowest BCUT2D eigenvalue weighted by Crippen LogP contribution is -2.16. The van der Waals surface area contributed by atoms with Gasteiger partial charge in [0, 0.05) is 6.61 Å². The topological polar surface area (TPSA) is 47.9 Å². The van der Waals surface area contributed by atoms with Crippen molar-refractivity contribution in [3.05, 3.63) is 23.8 Å². The molecule has 4 heteroatoms. The molecular formula is C16H24O4. The molecule has 0 bridgehead atoms. The van der Waals surface area contributed by atoms with E-state index in [2.05, 4.69) is 13.8 Å². The molecular weight excluding hydrogens is 256 g/mol. The smallest absolute Gasteiger partial charge is 0.161 e. The summed E-state index contributed by atoms with van der Waals surface area (Å²) in [5.74, 6) is 1.98. The van der Waals surface area contributed by atoms with Gasteiger partial charge in [0.05, 0.1) is 6.61 Å². The molecule has 2 atom stereocenters. The zero-order chi connectivity index (χ0) is 14.4. The van der Waals surface area contributed by atoms with Crippen molar-refractivity contribution in [1.29, 1.82) is 0 Å². The summed E-state index contributed by atoms with van der Waals surface area (Å²) in [6, 6.07) is 5.53. The molecule has 1 N–H and O–H groups in total. The number of hydrogen-bond donors (Lipinski definition) is 1. The predicted octanol–water partition coefficient (Wildman–Crippen LogP) is 2.94. The monoisotopic (exact) mass is 280 g/mol. The van der Waals surface area contributed by atoms with E-state index in [1.807, 2.05) is 18.2 Å². The minimum atomic E-state index is -0.625.